The van der Waals surface area contributed by atoms with Gasteiger partial charge in [0.25, 0.3) is 0 Å². The van der Waals surface area contributed by atoms with Crippen LogP contribution in [0.5, 0.6) is 0 Å². The maximum Gasteiger partial charge on any atom is 0.344 e. The smallest absolute Gasteiger partial charge is 0.344 e. The molecule has 4 atom stereocenters. The fraction of sp³-hybridized carbons (Fsp3) is 0.869. The summed E-state index contributed by atoms with van der Waals surface area (Å²) in [6.45, 7) is 18.6. The second-order valence-electron chi connectivity index (χ2n) is 23.1. The third kappa shape index (κ3) is 21.6. The highest BCUT2D eigenvalue weighted by atomic mass is 16.7. The van der Waals surface area contributed by atoms with Crippen molar-refractivity contribution in [1.82, 2.24) is 0 Å². The summed E-state index contributed by atoms with van der Waals surface area (Å²) >= 11 is 0. The molecule has 7 saturated carbocycles. The van der Waals surface area contributed by atoms with E-state index in [2.05, 4.69) is 6.92 Å². The van der Waals surface area contributed by atoms with Crippen molar-refractivity contribution in [3.63, 3.8) is 0 Å². The Morgan fingerprint density at radius 3 is 1.27 bits per heavy atom. The van der Waals surface area contributed by atoms with Gasteiger partial charge in [0.15, 0.2) is 33.2 Å². The van der Waals surface area contributed by atoms with Gasteiger partial charge in [0.2, 0.25) is 0 Å². The molecule has 0 aliphatic heterocycles. The molecule has 4 unspecified atom stereocenters. The van der Waals surface area contributed by atoms with E-state index < -0.39 is 89.7 Å². The van der Waals surface area contributed by atoms with E-state index >= 15 is 0 Å². The molecule has 7 rings (SSSR count). The Labute approximate surface area is 473 Å². The van der Waals surface area contributed by atoms with Gasteiger partial charge >= 0.3 is 47.8 Å². The second-order valence-corrected chi connectivity index (χ2v) is 23.1. The average Bonchev–Trinajstić information content (AvgIpc) is 4.08. The van der Waals surface area contributed by atoms with Gasteiger partial charge in [-0.25, -0.2) is 19.2 Å². The number of ether oxygens (including phenoxy) is 9. The first-order valence-corrected chi connectivity index (χ1v) is 26.2. The Balaban J connectivity index is -0.000000510. The number of methoxy groups -OCH3 is 1. The van der Waals surface area contributed by atoms with Gasteiger partial charge in [-0.1, -0.05) is 79.7 Å². The van der Waals surface area contributed by atoms with Crippen LogP contribution in [0.15, 0.2) is 0 Å². The van der Waals surface area contributed by atoms with Crippen molar-refractivity contribution in [3.8, 4) is 0 Å². The molecule has 0 aromatic heterocycles. The van der Waals surface area contributed by atoms with Gasteiger partial charge < -0.3 is 42.6 Å². The van der Waals surface area contributed by atoms with Crippen LogP contribution < -0.4 is 0 Å². The van der Waals surface area contributed by atoms with E-state index in [1.54, 1.807) is 27.7 Å². The summed E-state index contributed by atoms with van der Waals surface area (Å²) in [6.07, 6.45) is 15.0. The molecule has 6 bridgehead atoms. The summed E-state index contributed by atoms with van der Waals surface area (Å²) < 4.78 is 46.5. The third-order valence-corrected chi connectivity index (χ3v) is 16.7. The quantitative estimate of drug-likeness (QED) is 0.0592. The number of rotatable bonds is 21. The molecule has 0 saturated heterocycles. The van der Waals surface area contributed by atoms with Crippen LogP contribution in [-0.4, -0.2) is 105 Å². The lowest BCUT2D eigenvalue weighted by Crippen LogP contribution is -2.59. The molecule has 0 heterocycles. The molecule has 0 aromatic carbocycles. The van der Waals surface area contributed by atoms with Gasteiger partial charge in [-0.05, 0) is 181 Å². The molecular weight excluding hydrogens is 1000 g/mol. The van der Waals surface area contributed by atoms with E-state index in [1.807, 2.05) is 41.5 Å². The van der Waals surface area contributed by atoms with Gasteiger partial charge in [0, 0.05) is 13.0 Å². The van der Waals surface area contributed by atoms with E-state index in [9.17, 15) is 38.4 Å². The minimum Gasteiger partial charge on any atom is -0.462 e. The molecule has 460 valence electrons. The van der Waals surface area contributed by atoms with Crippen molar-refractivity contribution in [2.75, 3.05) is 40.3 Å². The van der Waals surface area contributed by atoms with Crippen LogP contribution in [0.1, 0.15) is 231 Å². The molecule has 17 nitrogen and oxygen atoms in total. The topological polar surface area (TPSA) is 220 Å². The second kappa shape index (κ2) is 34.8. The number of carbonyl (C=O) groups is 8. The number of carbonyl (C=O) groups excluding carboxylic acids is 8. The summed E-state index contributed by atoms with van der Waals surface area (Å²) in [5.41, 5.74) is -2.59. The first kappa shape index (κ1) is 80.2. The molecular formula is C61H114O17. The minimum atomic E-state index is -0.756. The Morgan fingerprint density at radius 1 is 0.474 bits per heavy atom. The minimum absolute atomic E-state index is 0. The molecule has 7 aliphatic rings. The maximum absolute atomic E-state index is 12.4. The van der Waals surface area contributed by atoms with Crippen LogP contribution in [0, 0.1) is 57.7 Å². The van der Waals surface area contributed by atoms with Gasteiger partial charge in [-0.2, -0.15) is 0 Å². The number of esters is 8. The van der Waals surface area contributed by atoms with E-state index in [0.29, 0.717) is 30.6 Å². The van der Waals surface area contributed by atoms with Crippen LogP contribution in [0.25, 0.3) is 0 Å². The van der Waals surface area contributed by atoms with Crippen LogP contribution in [0.4, 0.5) is 0 Å². The van der Waals surface area contributed by atoms with Crippen LogP contribution in [0.3, 0.4) is 0 Å². The van der Waals surface area contributed by atoms with Gasteiger partial charge in [-0.15, -0.1) is 0 Å². The van der Waals surface area contributed by atoms with Crippen molar-refractivity contribution in [1.29, 1.82) is 0 Å². The summed E-state index contributed by atoms with van der Waals surface area (Å²) in [4.78, 5) is 95.3. The van der Waals surface area contributed by atoms with Crippen LogP contribution in [0.2, 0.25) is 0 Å². The van der Waals surface area contributed by atoms with Crippen molar-refractivity contribution in [2.24, 2.45) is 57.7 Å². The molecule has 0 N–H and O–H groups in total. The first-order chi connectivity index (χ1) is 33.3. The standard InChI is InChI=1S/C22H34O6.C16H26O6.C16H26O5.7CH4/c1-5-21(3,4)20(25)27-12-18(23)26-13-19(24)28-22(6-2)16-8-14-7-15(10-16)11-17(22)9-14;1-5-15(2,3)14(19)21-10-12(17)20-11-13(18)22-16(4)8-6-7-9-16;1-5-16(2,3)15(18)21-13-8-10-6-11(13)12(7-10)14(17)20-9-19-4;;;;;;;/h14-17H,5-13H2,1-4H3;5-11H2,1-4H3;10-13H,5-9H2,1-4H3;7*1H4. The highest BCUT2D eigenvalue weighted by Crippen LogP contribution is 2.60. The predicted octanol–water partition coefficient (Wildman–Crippen LogP) is 13.0. The number of fused-ring (bicyclic) bond motifs is 2. The molecule has 7 fully saturated rings. The molecule has 0 spiro atoms. The molecule has 0 aromatic rings. The van der Waals surface area contributed by atoms with Gasteiger partial charge in [0.1, 0.15) is 17.3 Å². The van der Waals surface area contributed by atoms with Gasteiger partial charge in [-0.3, -0.25) is 19.2 Å². The lowest BCUT2D eigenvalue weighted by atomic mass is 9.49. The average molecular weight is 1120 g/mol. The van der Waals surface area contributed by atoms with Crippen molar-refractivity contribution >= 4 is 47.8 Å². The fourth-order valence-corrected chi connectivity index (χ4v) is 11.2. The largest absolute Gasteiger partial charge is 0.462 e. The molecule has 7 aliphatic carbocycles. The van der Waals surface area contributed by atoms with E-state index in [0.717, 1.165) is 95.3 Å². The highest BCUT2D eigenvalue weighted by Gasteiger charge is 2.59. The zero-order valence-corrected chi connectivity index (χ0v) is 44.9. The summed E-state index contributed by atoms with van der Waals surface area (Å²) in [7, 11) is 1.49. The van der Waals surface area contributed by atoms with Crippen LogP contribution in [-0.2, 0) is 81.0 Å². The SMILES string of the molecule is C.C.C.C.C.C.C.CCC(C)(C)C(=O)OC1CC2CC(C(=O)OCOC)C1C2.CCC(C)(C)C(=O)OCC(=O)OCC(=O)OC1(C)CCCC1.CCC(C)(C)C(=O)OCC(=O)OCC(=O)OC1(CC)C2CC3CC(C2)CC1C3. The zero-order valence-electron chi connectivity index (χ0n) is 44.9. The van der Waals surface area contributed by atoms with Crippen LogP contribution >= 0.6 is 0 Å². The molecule has 0 amide bonds. The van der Waals surface area contributed by atoms with E-state index in [-0.39, 0.29) is 88.7 Å². The molecule has 17 heteroatoms. The Morgan fingerprint density at radius 2 is 0.872 bits per heavy atom. The lowest BCUT2D eigenvalue weighted by molar-refractivity contribution is -0.214. The molecule has 78 heavy (non-hydrogen) atoms. The Bertz CT molecular complexity index is 1830. The van der Waals surface area contributed by atoms with E-state index in [4.69, 9.17) is 42.6 Å². The maximum atomic E-state index is 12.4. The lowest BCUT2D eigenvalue weighted by Gasteiger charge is -2.60. The Kier molecular flexibility index (Phi) is 35.8. The third-order valence-electron chi connectivity index (χ3n) is 16.7. The van der Waals surface area contributed by atoms with Crippen molar-refractivity contribution < 1.29 is 81.0 Å². The van der Waals surface area contributed by atoms with Crippen molar-refractivity contribution in [2.45, 2.75) is 248 Å². The van der Waals surface area contributed by atoms with Gasteiger partial charge in [0.05, 0.1) is 22.2 Å². The summed E-state index contributed by atoms with van der Waals surface area (Å²) in [5, 5.41) is 0. The normalized spacial score (nSPS) is 25.2. The highest BCUT2D eigenvalue weighted by molar-refractivity contribution is 5.82. The number of hydrogen-bond acceptors (Lipinski definition) is 17. The zero-order chi connectivity index (χ0) is 53.0. The van der Waals surface area contributed by atoms with E-state index in [1.165, 1.54) is 13.5 Å². The summed E-state index contributed by atoms with van der Waals surface area (Å²) in [5.74, 6) is -0.970. The monoisotopic (exact) mass is 1120 g/mol. The molecule has 0 radical (unpaired) electrons. The predicted molar refractivity (Wildman–Crippen MR) is 304 cm³/mol. The Hall–Kier alpha value is -4.28. The first-order valence-electron chi connectivity index (χ1n) is 26.2. The van der Waals surface area contributed by atoms with Crippen molar-refractivity contribution in [3.05, 3.63) is 0 Å². The summed E-state index contributed by atoms with van der Waals surface area (Å²) in [6, 6.07) is 0. The number of hydrogen-bond donors (Lipinski definition) is 0. The fourth-order valence-electron chi connectivity index (χ4n) is 11.2.